The molecule has 0 aliphatic carbocycles. The molecule has 0 bridgehead atoms. The van der Waals surface area contributed by atoms with Gasteiger partial charge in [0, 0.05) is 6.54 Å². The van der Waals surface area contributed by atoms with Gasteiger partial charge in [0.15, 0.2) is 0 Å². The number of rotatable bonds is 6. The standard InChI is InChI=1S/C13H19N3O3/c1-8(2)6-16-12(17)7-15-11-4-3-9(13(18)19)5-10(11)14/h3-5,8,15H,6-7,14H2,1-2H3,(H,16,17)(H,18,19). The summed E-state index contributed by atoms with van der Waals surface area (Å²) < 4.78 is 0. The highest BCUT2D eigenvalue weighted by Crippen LogP contribution is 2.19. The highest BCUT2D eigenvalue weighted by atomic mass is 16.4. The number of aromatic carboxylic acids is 1. The van der Waals surface area contributed by atoms with Gasteiger partial charge in [-0.25, -0.2) is 4.79 Å². The zero-order chi connectivity index (χ0) is 14.4. The van der Waals surface area contributed by atoms with E-state index in [0.717, 1.165) is 0 Å². The number of benzene rings is 1. The predicted octanol–water partition coefficient (Wildman–Crippen LogP) is 1.15. The van der Waals surface area contributed by atoms with Crippen LogP contribution >= 0.6 is 0 Å². The topological polar surface area (TPSA) is 104 Å². The van der Waals surface area contributed by atoms with E-state index in [1.165, 1.54) is 12.1 Å². The Morgan fingerprint density at radius 2 is 2.05 bits per heavy atom. The van der Waals surface area contributed by atoms with Gasteiger partial charge in [0.2, 0.25) is 5.91 Å². The van der Waals surface area contributed by atoms with Gasteiger partial charge in [0.05, 0.1) is 23.5 Å². The van der Waals surface area contributed by atoms with E-state index in [-0.39, 0.29) is 18.0 Å². The van der Waals surface area contributed by atoms with E-state index in [1.807, 2.05) is 13.8 Å². The molecule has 0 saturated heterocycles. The summed E-state index contributed by atoms with van der Waals surface area (Å²) in [6.45, 7) is 4.74. The Morgan fingerprint density at radius 1 is 1.37 bits per heavy atom. The number of nitrogen functional groups attached to an aromatic ring is 1. The van der Waals surface area contributed by atoms with Crippen molar-refractivity contribution in [3.8, 4) is 0 Å². The van der Waals surface area contributed by atoms with Crippen LogP contribution in [0, 0.1) is 5.92 Å². The molecule has 0 saturated carbocycles. The highest BCUT2D eigenvalue weighted by molar-refractivity contribution is 5.91. The summed E-state index contributed by atoms with van der Waals surface area (Å²) in [6.07, 6.45) is 0. The van der Waals surface area contributed by atoms with Gasteiger partial charge in [-0.2, -0.15) is 0 Å². The predicted molar refractivity (Wildman–Crippen MR) is 74.2 cm³/mol. The minimum absolute atomic E-state index is 0.101. The molecule has 0 heterocycles. The number of hydrogen-bond donors (Lipinski definition) is 4. The Labute approximate surface area is 112 Å². The Balaban J connectivity index is 2.54. The molecule has 0 spiro atoms. The molecule has 6 nitrogen and oxygen atoms in total. The number of hydrogen-bond acceptors (Lipinski definition) is 4. The number of carbonyl (C=O) groups is 2. The maximum atomic E-state index is 11.5. The molecule has 19 heavy (non-hydrogen) atoms. The van der Waals surface area contributed by atoms with Crippen LogP contribution in [0.15, 0.2) is 18.2 Å². The first kappa shape index (κ1) is 14.8. The molecular weight excluding hydrogens is 246 g/mol. The molecule has 1 aromatic carbocycles. The number of amides is 1. The van der Waals surface area contributed by atoms with Gasteiger partial charge in [0.25, 0.3) is 0 Å². The summed E-state index contributed by atoms with van der Waals surface area (Å²) in [5.41, 5.74) is 6.68. The van der Waals surface area contributed by atoms with Crippen molar-refractivity contribution in [2.45, 2.75) is 13.8 Å². The first-order valence-corrected chi connectivity index (χ1v) is 6.03. The molecule has 0 atom stereocenters. The number of nitrogens with two attached hydrogens (primary N) is 1. The molecule has 104 valence electrons. The molecule has 0 radical (unpaired) electrons. The van der Waals surface area contributed by atoms with Gasteiger partial charge in [0.1, 0.15) is 0 Å². The zero-order valence-corrected chi connectivity index (χ0v) is 11.1. The van der Waals surface area contributed by atoms with Crippen LogP contribution in [0.1, 0.15) is 24.2 Å². The van der Waals surface area contributed by atoms with Gasteiger partial charge in [-0.1, -0.05) is 13.8 Å². The second-order valence-electron chi connectivity index (χ2n) is 4.66. The quantitative estimate of drug-likeness (QED) is 0.578. The van der Waals surface area contributed by atoms with Crippen LogP contribution < -0.4 is 16.4 Å². The summed E-state index contributed by atoms with van der Waals surface area (Å²) in [4.78, 5) is 22.2. The van der Waals surface area contributed by atoms with Gasteiger partial charge in [-0.05, 0) is 24.1 Å². The van der Waals surface area contributed by atoms with E-state index in [1.54, 1.807) is 6.07 Å². The van der Waals surface area contributed by atoms with Crippen LogP contribution in [0.3, 0.4) is 0 Å². The highest BCUT2D eigenvalue weighted by Gasteiger charge is 2.07. The van der Waals surface area contributed by atoms with Crippen LogP contribution in [0.5, 0.6) is 0 Å². The van der Waals surface area contributed by atoms with Crippen molar-refractivity contribution in [2.24, 2.45) is 5.92 Å². The van der Waals surface area contributed by atoms with Crippen molar-refractivity contribution in [1.82, 2.24) is 5.32 Å². The molecule has 6 heteroatoms. The second kappa shape index (κ2) is 6.63. The summed E-state index contributed by atoms with van der Waals surface area (Å²) in [5.74, 6) is -0.771. The lowest BCUT2D eigenvalue weighted by molar-refractivity contribution is -0.119. The van der Waals surface area contributed by atoms with E-state index < -0.39 is 5.97 Å². The average Bonchev–Trinajstić information content (AvgIpc) is 2.34. The Morgan fingerprint density at radius 3 is 2.58 bits per heavy atom. The fraction of sp³-hybridized carbons (Fsp3) is 0.385. The van der Waals surface area contributed by atoms with E-state index in [2.05, 4.69) is 10.6 Å². The molecule has 0 unspecified atom stereocenters. The van der Waals surface area contributed by atoms with Gasteiger partial charge < -0.3 is 21.5 Å². The Bertz CT molecular complexity index is 472. The van der Waals surface area contributed by atoms with Gasteiger partial charge >= 0.3 is 5.97 Å². The fourth-order valence-corrected chi connectivity index (χ4v) is 1.41. The van der Waals surface area contributed by atoms with Crippen LogP contribution in [0.2, 0.25) is 0 Å². The SMILES string of the molecule is CC(C)CNC(=O)CNc1ccc(C(=O)O)cc1N. The van der Waals surface area contributed by atoms with Crippen molar-refractivity contribution in [2.75, 3.05) is 24.1 Å². The summed E-state index contributed by atoms with van der Waals surface area (Å²) in [7, 11) is 0. The van der Waals surface area contributed by atoms with E-state index in [4.69, 9.17) is 10.8 Å². The average molecular weight is 265 g/mol. The lowest BCUT2D eigenvalue weighted by Crippen LogP contribution is -2.32. The van der Waals surface area contributed by atoms with E-state index in [9.17, 15) is 9.59 Å². The third-order valence-electron chi connectivity index (χ3n) is 2.45. The number of carboxylic acids is 1. The summed E-state index contributed by atoms with van der Waals surface area (Å²) in [5, 5.41) is 14.4. The Hall–Kier alpha value is -2.24. The van der Waals surface area contributed by atoms with Crippen LogP contribution in [-0.4, -0.2) is 30.1 Å². The molecule has 5 N–H and O–H groups in total. The maximum Gasteiger partial charge on any atom is 0.335 e. The first-order chi connectivity index (χ1) is 8.90. The molecule has 0 aromatic heterocycles. The van der Waals surface area contributed by atoms with Crippen LogP contribution in [-0.2, 0) is 4.79 Å². The van der Waals surface area contributed by atoms with Crippen molar-refractivity contribution < 1.29 is 14.7 Å². The third-order valence-corrected chi connectivity index (χ3v) is 2.45. The van der Waals surface area contributed by atoms with Crippen molar-refractivity contribution in [3.63, 3.8) is 0 Å². The van der Waals surface area contributed by atoms with Crippen molar-refractivity contribution in [3.05, 3.63) is 23.8 Å². The van der Waals surface area contributed by atoms with Crippen LogP contribution in [0.4, 0.5) is 11.4 Å². The maximum absolute atomic E-state index is 11.5. The lowest BCUT2D eigenvalue weighted by Gasteiger charge is -2.11. The minimum Gasteiger partial charge on any atom is -0.478 e. The Kier molecular flexibility index (Phi) is 5.17. The first-order valence-electron chi connectivity index (χ1n) is 6.03. The lowest BCUT2D eigenvalue weighted by atomic mass is 10.1. The molecule has 0 aliphatic heterocycles. The molecule has 1 amide bonds. The monoisotopic (exact) mass is 265 g/mol. The minimum atomic E-state index is -1.03. The van der Waals surface area contributed by atoms with Gasteiger partial charge in [-0.3, -0.25) is 4.79 Å². The second-order valence-corrected chi connectivity index (χ2v) is 4.66. The van der Waals surface area contributed by atoms with Gasteiger partial charge in [-0.15, -0.1) is 0 Å². The number of carbonyl (C=O) groups excluding carboxylic acids is 1. The largest absolute Gasteiger partial charge is 0.478 e. The fourth-order valence-electron chi connectivity index (χ4n) is 1.41. The van der Waals surface area contributed by atoms with Crippen molar-refractivity contribution in [1.29, 1.82) is 0 Å². The van der Waals surface area contributed by atoms with Crippen LogP contribution in [0.25, 0.3) is 0 Å². The number of anilines is 2. The zero-order valence-electron chi connectivity index (χ0n) is 11.1. The van der Waals surface area contributed by atoms with E-state index in [0.29, 0.717) is 23.8 Å². The summed E-state index contributed by atoms with van der Waals surface area (Å²) in [6, 6.07) is 4.35. The molecule has 1 rings (SSSR count). The molecule has 1 aromatic rings. The third kappa shape index (κ3) is 4.87. The van der Waals surface area contributed by atoms with E-state index >= 15 is 0 Å². The number of carboxylic acid groups (broad SMARTS) is 1. The molecule has 0 aliphatic rings. The molecular formula is C13H19N3O3. The molecule has 0 fully saturated rings. The number of nitrogens with one attached hydrogen (secondary N) is 2. The van der Waals surface area contributed by atoms with Crippen molar-refractivity contribution >= 4 is 23.3 Å². The summed E-state index contributed by atoms with van der Waals surface area (Å²) >= 11 is 0. The normalized spacial score (nSPS) is 10.3. The smallest absolute Gasteiger partial charge is 0.335 e.